The Kier molecular flexibility index (Phi) is 16.4. The number of nitrogens with zero attached hydrogens (tertiary/aromatic N) is 1. The smallest absolute Gasteiger partial charge is 0.323 e. The predicted molar refractivity (Wildman–Crippen MR) is 240 cm³/mol. The number of carboxylic acids is 1. The van der Waals surface area contributed by atoms with E-state index in [9.17, 15) is 33.6 Å². The summed E-state index contributed by atoms with van der Waals surface area (Å²) in [5.41, 5.74) is 4.46. The molecule has 0 radical (unpaired) electrons. The van der Waals surface area contributed by atoms with Gasteiger partial charge in [-0.05, 0) is 105 Å². The van der Waals surface area contributed by atoms with Gasteiger partial charge in [0.25, 0.3) is 5.91 Å². The van der Waals surface area contributed by atoms with Crippen molar-refractivity contribution in [2.75, 3.05) is 23.3 Å². The zero-order valence-corrected chi connectivity index (χ0v) is 36.2. The fourth-order valence-electron chi connectivity index (χ4n) is 6.85. The van der Waals surface area contributed by atoms with Gasteiger partial charge in [0.2, 0.25) is 0 Å². The number of aromatic nitrogens is 1. The van der Waals surface area contributed by atoms with Gasteiger partial charge < -0.3 is 39.8 Å². The Morgan fingerprint density at radius 1 is 0.823 bits per heavy atom. The van der Waals surface area contributed by atoms with Gasteiger partial charge in [-0.1, -0.05) is 62.4 Å². The van der Waals surface area contributed by atoms with Crippen LogP contribution in [-0.4, -0.2) is 74.8 Å². The molecule has 0 fully saturated rings. The van der Waals surface area contributed by atoms with Crippen molar-refractivity contribution >= 4 is 42.9 Å². The zero-order valence-electron chi connectivity index (χ0n) is 35.3. The topological polar surface area (TPSA) is 188 Å². The van der Waals surface area contributed by atoms with E-state index in [1.54, 1.807) is 92.2 Å². The first-order valence-electron chi connectivity index (χ1n) is 20.4. The highest BCUT2D eigenvalue weighted by Crippen LogP contribution is 2.44. The largest absolute Gasteiger partial charge is 0.481 e. The summed E-state index contributed by atoms with van der Waals surface area (Å²) in [5.74, 6) is -2.52. The fourth-order valence-corrected chi connectivity index (χ4v) is 8.68. The number of hydrogen-bond donors (Lipinski definition) is 6. The maximum atomic E-state index is 14.6. The van der Waals surface area contributed by atoms with Crippen LogP contribution in [0.25, 0.3) is 28.6 Å². The number of para-hydroxylation sites is 1. The molecule has 0 spiro atoms. The number of carboxylic acid groups (broad SMARTS) is 1. The van der Waals surface area contributed by atoms with E-state index in [1.807, 2.05) is 50.2 Å². The van der Waals surface area contributed by atoms with Crippen LogP contribution in [-0.2, 0) is 18.9 Å². The normalized spacial score (nSPS) is 14.0. The number of ether oxygens (including phenoxy) is 1. The number of benzene rings is 4. The highest BCUT2D eigenvalue weighted by Gasteiger charge is 2.32. The minimum Gasteiger partial charge on any atom is -0.481 e. The quantitative estimate of drug-likeness (QED) is 0.0305. The van der Waals surface area contributed by atoms with Gasteiger partial charge in [-0.3, -0.25) is 18.9 Å². The van der Waals surface area contributed by atoms with Gasteiger partial charge in [0.1, 0.15) is 17.6 Å². The zero-order chi connectivity index (χ0) is 45.0. The van der Waals surface area contributed by atoms with Crippen LogP contribution >= 0.6 is 7.52 Å². The van der Waals surface area contributed by atoms with Crippen LogP contribution in [0.4, 0.5) is 15.8 Å². The molecule has 1 heterocycles. The highest BCUT2D eigenvalue weighted by atomic mass is 31.2. The van der Waals surface area contributed by atoms with E-state index in [1.165, 1.54) is 18.2 Å². The number of hydrogen-bond acceptors (Lipinski definition) is 9. The van der Waals surface area contributed by atoms with Gasteiger partial charge in [0, 0.05) is 41.8 Å². The molecule has 0 aliphatic heterocycles. The van der Waals surface area contributed by atoms with E-state index < -0.39 is 55.9 Å². The van der Waals surface area contributed by atoms with Gasteiger partial charge in [-0.2, -0.15) is 0 Å². The summed E-state index contributed by atoms with van der Waals surface area (Å²) in [5, 5.41) is 39.3. The molecule has 328 valence electrons. The van der Waals surface area contributed by atoms with Crippen molar-refractivity contribution in [3.8, 4) is 28.1 Å². The summed E-state index contributed by atoms with van der Waals surface area (Å²) in [4.78, 5) is 38.3. The molecule has 0 saturated carbocycles. The minimum atomic E-state index is -3.63. The number of aliphatic hydroxyl groups is 2. The average molecular weight is 869 g/mol. The molecule has 62 heavy (non-hydrogen) atoms. The van der Waals surface area contributed by atoms with Gasteiger partial charge in [0.05, 0.1) is 42.2 Å². The van der Waals surface area contributed by atoms with Crippen LogP contribution in [0, 0.1) is 5.82 Å². The van der Waals surface area contributed by atoms with Crippen LogP contribution in [0.15, 0.2) is 115 Å². The lowest BCUT2D eigenvalue weighted by Gasteiger charge is -2.24. The molecule has 1 unspecified atom stereocenters. The third-order valence-electron chi connectivity index (χ3n) is 9.55. The average Bonchev–Trinajstić information content (AvgIpc) is 3.56. The van der Waals surface area contributed by atoms with Crippen molar-refractivity contribution in [3.05, 3.63) is 132 Å². The molecule has 1 aromatic heterocycles. The molecule has 0 aliphatic rings. The SMILES string of the molecule is CC(C)OC(=O)[C@H](C)NP(=O)(CCNc1ccc(NC(=O)c2c(-c3ccccc3)c(-c3ccc(F)cc3)n(/C=C/[C@@H](O)C[C@@H](O)CC(=O)O)c2C(C)C)cc1)Oc1ccccc1. The van der Waals surface area contributed by atoms with E-state index in [0.29, 0.717) is 50.8 Å². The second-order valence-corrected chi connectivity index (χ2v) is 17.6. The minimum absolute atomic E-state index is 0.0156. The molecule has 6 N–H and O–H groups in total. The van der Waals surface area contributed by atoms with Crippen LogP contribution < -0.4 is 20.2 Å². The molecule has 4 aromatic carbocycles. The molecule has 1 amide bonds. The summed E-state index contributed by atoms with van der Waals surface area (Å²) < 4.78 is 41.4. The van der Waals surface area contributed by atoms with Crippen molar-refractivity contribution in [1.82, 2.24) is 9.65 Å². The van der Waals surface area contributed by atoms with Crippen molar-refractivity contribution in [1.29, 1.82) is 0 Å². The predicted octanol–water partition coefficient (Wildman–Crippen LogP) is 9.01. The molecule has 4 atom stereocenters. The van der Waals surface area contributed by atoms with Gasteiger partial charge in [-0.25, -0.2) is 9.48 Å². The van der Waals surface area contributed by atoms with Crippen molar-refractivity contribution < 1.29 is 47.9 Å². The molecule has 15 heteroatoms. The molecule has 0 aliphatic carbocycles. The van der Waals surface area contributed by atoms with E-state index in [4.69, 9.17) is 14.4 Å². The molecular weight excluding hydrogens is 815 g/mol. The summed E-state index contributed by atoms with van der Waals surface area (Å²) in [6, 6.07) is 29.9. The summed E-state index contributed by atoms with van der Waals surface area (Å²) >= 11 is 0. The molecule has 5 rings (SSSR count). The number of rotatable bonds is 21. The summed E-state index contributed by atoms with van der Waals surface area (Å²) in [7, 11) is -3.63. The van der Waals surface area contributed by atoms with Crippen LogP contribution in [0.2, 0.25) is 0 Å². The van der Waals surface area contributed by atoms with Gasteiger partial charge in [0.15, 0.2) is 0 Å². The Morgan fingerprint density at radius 3 is 2.03 bits per heavy atom. The lowest BCUT2D eigenvalue weighted by molar-refractivity contribution is -0.149. The van der Waals surface area contributed by atoms with Gasteiger partial charge >= 0.3 is 19.5 Å². The number of amides is 1. The number of aliphatic carboxylic acids is 1. The first-order valence-corrected chi connectivity index (χ1v) is 22.2. The molecule has 13 nitrogen and oxygen atoms in total. The van der Waals surface area contributed by atoms with Crippen molar-refractivity contribution in [2.45, 2.75) is 77.7 Å². The number of carbonyl (C=O) groups is 3. The number of aliphatic hydroxyl groups excluding tert-OH is 2. The van der Waals surface area contributed by atoms with E-state index in [-0.39, 0.29) is 31.1 Å². The summed E-state index contributed by atoms with van der Waals surface area (Å²) in [6.45, 7) is 9.08. The number of nitrogens with one attached hydrogen (secondary N) is 3. The van der Waals surface area contributed by atoms with Crippen molar-refractivity contribution in [2.24, 2.45) is 0 Å². The number of halogens is 1. The Hall–Kier alpha value is -6.05. The Balaban J connectivity index is 1.43. The van der Waals surface area contributed by atoms with Crippen LogP contribution in [0.5, 0.6) is 5.75 Å². The Bertz CT molecular complexity index is 2350. The molecular formula is C47H54FN4O9P. The lowest BCUT2D eigenvalue weighted by atomic mass is 9.94. The second-order valence-electron chi connectivity index (χ2n) is 15.4. The first kappa shape index (κ1) is 47.0. The molecule has 5 aromatic rings. The first-order chi connectivity index (χ1) is 29.5. The van der Waals surface area contributed by atoms with E-state index in [0.717, 1.165) is 0 Å². The van der Waals surface area contributed by atoms with Crippen molar-refractivity contribution in [3.63, 3.8) is 0 Å². The molecule has 0 saturated heterocycles. The number of carbonyl (C=O) groups excluding carboxylic acids is 2. The van der Waals surface area contributed by atoms with Gasteiger partial charge in [-0.15, -0.1) is 0 Å². The lowest BCUT2D eigenvalue weighted by Crippen LogP contribution is -2.37. The maximum Gasteiger partial charge on any atom is 0.323 e. The summed E-state index contributed by atoms with van der Waals surface area (Å²) in [6.07, 6.45) is -0.597. The van der Waals surface area contributed by atoms with E-state index in [2.05, 4.69) is 15.7 Å². The Labute approximate surface area is 361 Å². The van der Waals surface area contributed by atoms with Crippen LogP contribution in [0.3, 0.4) is 0 Å². The number of anilines is 2. The monoisotopic (exact) mass is 868 g/mol. The third-order valence-corrected chi connectivity index (χ3v) is 11.6. The van der Waals surface area contributed by atoms with Crippen LogP contribution in [0.1, 0.15) is 69.4 Å². The maximum absolute atomic E-state index is 14.6. The highest BCUT2D eigenvalue weighted by molar-refractivity contribution is 7.57. The molecule has 0 bridgehead atoms. The fraction of sp³-hybridized carbons (Fsp3) is 0.298. The standard InChI is InChI=1S/C47H54FN4O9P/c1-30(2)44-43(42(33-12-8-6-9-13-33)45(34-16-18-35(48)19-17-34)52(44)26-24-38(53)28-39(54)29-41(55)56)46(57)50-37-22-20-36(21-23-37)49-25-27-62(59,61-40-14-10-7-11-15-40)51-32(5)47(58)60-31(3)4/h6-24,26,30-32,38-39,49,53-54H,25,27-29H2,1-5H3,(H,50,57)(H,51,59)(H,55,56)/b26-24+/t32-,38+,39+,62?/m0/s1. The second kappa shape index (κ2) is 21.7. The number of esters is 1. The third kappa shape index (κ3) is 13.0. The Morgan fingerprint density at radius 2 is 1.44 bits per heavy atom. The van der Waals surface area contributed by atoms with E-state index >= 15 is 0 Å².